The minimum Gasteiger partial charge on any atom is -0.282 e. The molecule has 0 aromatic heterocycles. The molecule has 18 nitrogen and oxygen atoms in total. The summed E-state index contributed by atoms with van der Waals surface area (Å²) in [5, 5.41) is 0. The number of unbranched alkanes of at least 4 members (excludes halogenated alkanes) is 3. The maximum atomic E-state index is 13.1. The lowest BCUT2D eigenvalue weighted by atomic mass is 9.85. The highest BCUT2D eigenvalue weighted by molar-refractivity contribution is 6.24. The summed E-state index contributed by atoms with van der Waals surface area (Å²) in [6.45, 7) is 34.8. The van der Waals surface area contributed by atoms with Crippen LogP contribution in [0, 0.1) is 142 Å². The topological polar surface area (TPSA) is 224 Å². The quantitative estimate of drug-likeness (QED) is 0.0552. The molecule has 12 fully saturated rings. The molecule has 6 saturated heterocycles. The Morgan fingerprint density at radius 3 is 0.634 bits per heavy atom. The SMILES string of the molecule is C=CCC.C=CCC.C=CCC.C=CCC.C=CCC.C=CCC.O=C1C2C3C=CC(C3)C2C(=O)N1CCCCCCN1C(=O)C2C3C=CC(C3)C2C1=O.O=C1C2C3C=CC(C3)C2C(=O)N1Cc1cccc(CN2C(=O)C3C4C=CC(C4)C3C2=O)c1.O=C1C2C3C=CC(C3)C2C(=O)N1c1ccc(Cc2ccc(N3C(=O)C4C5C=CC(C5)C4C3=O)cc2)cc1. The maximum absolute atomic E-state index is 13.1. The Balaban J connectivity index is 0.000000140. The van der Waals surface area contributed by atoms with Crippen LogP contribution in [0.1, 0.15) is 167 Å². The molecule has 3 aromatic rings. The van der Waals surface area contributed by atoms with Crippen LogP contribution in [-0.4, -0.2) is 104 Å². The number of rotatable bonds is 21. The predicted octanol–water partition coefficient (Wildman–Crippen LogP) is 17.9. The molecule has 24 atom stereocenters. The molecule has 123 heavy (non-hydrogen) atoms. The van der Waals surface area contributed by atoms with Crippen molar-refractivity contribution in [2.75, 3.05) is 22.9 Å². The summed E-state index contributed by atoms with van der Waals surface area (Å²) >= 11 is 0. The lowest BCUT2D eigenvalue weighted by Crippen LogP contribution is -2.34. The van der Waals surface area contributed by atoms with Gasteiger partial charge in [0.05, 0.1) is 95.5 Å². The summed E-state index contributed by atoms with van der Waals surface area (Å²) in [4.78, 5) is 164. The van der Waals surface area contributed by atoms with Crippen molar-refractivity contribution in [2.45, 2.75) is 164 Å². The Kier molecular flexibility index (Phi) is 29.2. The smallest absolute Gasteiger partial charge is 0.238 e. The van der Waals surface area contributed by atoms with Crippen molar-refractivity contribution < 1.29 is 57.5 Å². The first kappa shape index (κ1) is 90.1. The normalized spacial score (nSPS) is 33.0. The second kappa shape index (κ2) is 39.9. The van der Waals surface area contributed by atoms with E-state index in [-0.39, 0.29) is 226 Å². The molecule has 12 bridgehead atoms. The van der Waals surface area contributed by atoms with E-state index in [0.717, 1.165) is 125 Å². The summed E-state index contributed by atoms with van der Waals surface area (Å²) in [5.41, 5.74) is 5.10. The molecule has 0 radical (unpaired) electrons. The second-order valence-electron chi connectivity index (χ2n) is 36.1. The first-order chi connectivity index (χ1) is 59.5. The van der Waals surface area contributed by atoms with Gasteiger partial charge < -0.3 is 0 Å². The van der Waals surface area contributed by atoms with E-state index in [1.54, 1.807) is 0 Å². The minimum atomic E-state index is -0.193. The molecular formula is C105H126N6O12. The number of carbonyl (C=O) groups is 12. The van der Waals surface area contributed by atoms with Gasteiger partial charge in [-0.1, -0.05) is 212 Å². The number of likely N-dealkylation sites (tertiary alicyclic amines) is 4. The van der Waals surface area contributed by atoms with E-state index in [1.807, 2.05) is 109 Å². The highest BCUT2D eigenvalue weighted by atomic mass is 16.2. The Bertz CT molecular complexity index is 4280. The molecule has 21 rings (SSSR count). The van der Waals surface area contributed by atoms with Gasteiger partial charge in [-0.3, -0.25) is 86.9 Å². The van der Waals surface area contributed by atoms with Crippen LogP contribution in [0.2, 0.25) is 0 Å². The molecule has 0 spiro atoms. The van der Waals surface area contributed by atoms with E-state index in [2.05, 4.69) is 154 Å². The van der Waals surface area contributed by atoms with Crippen molar-refractivity contribution in [3.8, 4) is 0 Å². The zero-order valence-corrected chi connectivity index (χ0v) is 72.9. The van der Waals surface area contributed by atoms with Crippen LogP contribution in [0.15, 0.2) is 222 Å². The third-order valence-corrected chi connectivity index (χ3v) is 28.9. The van der Waals surface area contributed by atoms with Gasteiger partial charge in [0.15, 0.2) is 0 Å². The van der Waals surface area contributed by atoms with Crippen molar-refractivity contribution in [3.63, 3.8) is 0 Å². The van der Waals surface area contributed by atoms with Crippen LogP contribution < -0.4 is 9.80 Å². The summed E-state index contributed by atoms with van der Waals surface area (Å²) in [6, 6.07) is 22.9. The fourth-order valence-electron chi connectivity index (χ4n) is 22.8. The molecular weight excluding hydrogens is 1540 g/mol. The van der Waals surface area contributed by atoms with Crippen molar-refractivity contribution in [1.29, 1.82) is 0 Å². The largest absolute Gasteiger partial charge is 0.282 e. The van der Waals surface area contributed by atoms with Gasteiger partial charge in [0.1, 0.15) is 0 Å². The number of fused-ring (bicyclic) bond motifs is 30. The summed E-state index contributed by atoms with van der Waals surface area (Å²) in [5.74, 6) is 0.401. The first-order valence-electron chi connectivity index (χ1n) is 45.7. The molecule has 6 heterocycles. The van der Waals surface area contributed by atoms with E-state index in [0.29, 0.717) is 30.9 Å². The minimum absolute atomic E-state index is 0.0323. The first-order valence-corrected chi connectivity index (χ1v) is 45.7. The molecule has 12 aliphatic carbocycles. The molecule has 6 saturated carbocycles. The number of hydrogen-bond donors (Lipinski definition) is 0. The molecule has 0 N–H and O–H groups in total. The zero-order chi connectivity index (χ0) is 87.8. The van der Waals surface area contributed by atoms with Crippen LogP contribution in [0.3, 0.4) is 0 Å². The molecule has 12 amide bonds. The average Bonchev–Trinajstić information content (AvgIpc) is 1.77. The Morgan fingerprint density at radius 1 is 0.252 bits per heavy atom. The van der Waals surface area contributed by atoms with Gasteiger partial charge in [0, 0.05) is 13.1 Å². The highest BCUT2D eigenvalue weighted by Crippen LogP contribution is 2.59. The second-order valence-corrected chi connectivity index (χ2v) is 36.1. The Hall–Kier alpha value is -10.6. The van der Waals surface area contributed by atoms with Crippen LogP contribution in [0.25, 0.3) is 0 Å². The van der Waals surface area contributed by atoms with Crippen LogP contribution >= 0.6 is 0 Å². The number of amides is 12. The molecule has 24 unspecified atom stereocenters. The number of allylic oxidation sites excluding steroid dienone is 18. The number of hydrogen-bond acceptors (Lipinski definition) is 12. The predicted molar refractivity (Wildman–Crippen MR) is 479 cm³/mol. The third kappa shape index (κ3) is 17.4. The van der Waals surface area contributed by atoms with Gasteiger partial charge in [0.25, 0.3) is 0 Å². The van der Waals surface area contributed by atoms with E-state index in [1.165, 1.54) is 29.4 Å². The van der Waals surface area contributed by atoms with Gasteiger partial charge in [-0.2, -0.15) is 0 Å². The third-order valence-electron chi connectivity index (χ3n) is 28.9. The van der Waals surface area contributed by atoms with Gasteiger partial charge in [-0.15, -0.1) is 39.5 Å². The van der Waals surface area contributed by atoms with E-state index in [9.17, 15) is 57.5 Å². The van der Waals surface area contributed by atoms with Crippen LogP contribution in [-0.2, 0) is 77.0 Å². The maximum Gasteiger partial charge on any atom is 0.238 e. The lowest BCUT2D eigenvalue weighted by molar-refractivity contribution is -0.142. The van der Waals surface area contributed by atoms with Crippen molar-refractivity contribution in [3.05, 3.63) is 244 Å². The number of benzene rings is 3. The van der Waals surface area contributed by atoms with Crippen LogP contribution in [0.5, 0.6) is 0 Å². The van der Waals surface area contributed by atoms with E-state index >= 15 is 0 Å². The van der Waals surface area contributed by atoms with Crippen molar-refractivity contribution in [2.24, 2.45) is 142 Å². The van der Waals surface area contributed by atoms with Crippen molar-refractivity contribution >= 4 is 82.3 Å². The summed E-state index contributed by atoms with van der Waals surface area (Å²) in [7, 11) is 0. The number of carbonyl (C=O) groups excluding carboxylic acids is 12. The number of nitrogens with zero attached hydrogens (tertiary/aromatic N) is 6. The lowest BCUT2D eigenvalue weighted by Gasteiger charge is -2.19. The summed E-state index contributed by atoms with van der Waals surface area (Å²) in [6.07, 6.45) is 52.8. The molecule has 18 heteroatoms. The number of imide groups is 6. The monoisotopic (exact) mass is 1660 g/mol. The molecule has 6 aliphatic heterocycles. The van der Waals surface area contributed by atoms with E-state index < -0.39 is 0 Å². The highest BCUT2D eigenvalue weighted by Gasteiger charge is 2.65. The van der Waals surface area contributed by atoms with Crippen molar-refractivity contribution in [1.82, 2.24) is 19.6 Å². The van der Waals surface area contributed by atoms with Gasteiger partial charge in [-0.25, -0.2) is 0 Å². The van der Waals surface area contributed by atoms with E-state index in [4.69, 9.17) is 0 Å². The zero-order valence-electron chi connectivity index (χ0n) is 72.9. The van der Waals surface area contributed by atoms with Gasteiger partial charge >= 0.3 is 0 Å². The number of anilines is 2. The molecule has 648 valence electrons. The molecule has 3 aromatic carbocycles. The fourth-order valence-corrected chi connectivity index (χ4v) is 22.8. The van der Waals surface area contributed by atoms with Crippen LogP contribution in [0.4, 0.5) is 11.4 Å². The fraction of sp³-hybridized carbons (Fsp3) is 0.486. The van der Waals surface area contributed by atoms with Gasteiger partial charge in [-0.05, 0) is 214 Å². The average molecular weight is 1660 g/mol. The van der Waals surface area contributed by atoms with Gasteiger partial charge in [0.2, 0.25) is 70.9 Å². The Labute approximate surface area is 727 Å². The summed E-state index contributed by atoms with van der Waals surface area (Å²) < 4.78 is 0. The Morgan fingerprint density at radius 2 is 0.439 bits per heavy atom. The molecule has 18 aliphatic rings. The standard InChI is InChI=1S/C31H26N2O4.C26H24N2O4.C24H28N2O4.6C4H8/c34-28-24-18-5-6-19(14-18)25(24)29(35)32(28)22-9-1-16(2-10-22)13-17-3-11-23(12-4-17)33-30(36)26-20-7-8-21(15-20)27(26)31(33)37;29-23-19-15-4-5-16(9-15)20(19)24(30)27(23)11-13-2-1-3-14(8-13)12-28-25(31)21-17-6-7-18(10-17)22(21)26(28)32;27-21-17-13-5-6-14(11-13)18(17)22(28)25(21)9-3-1-2-4-10-26-23(29)19-15-7-8-16(12-15)20(19)24(26)30;6*1-3-4-2/h1-12,18-21,24-27H,13-15H2;1-8,15-22H,9-12H2;5-8,13-20H,1-4,9-12H2;6*3H,1,4H2,2H3.